The molecule has 8 nitrogen and oxygen atoms in total. The van der Waals surface area contributed by atoms with E-state index >= 15 is 0 Å². The van der Waals surface area contributed by atoms with Crippen molar-refractivity contribution in [3.05, 3.63) is 84.2 Å². The van der Waals surface area contributed by atoms with Crippen LogP contribution in [0.1, 0.15) is 15.9 Å². The fourth-order valence-corrected chi connectivity index (χ4v) is 3.47. The lowest BCUT2D eigenvalue weighted by atomic mass is 10.0. The molecule has 172 valence electrons. The quantitative estimate of drug-likeness (QED) is 0.402. The average Bonchev–Trinajstić information content (AvgIpc) is 2.90. The molecule has 0 saturated carbocycles. The molecule has 0 saturated heterocycles. The lowest BCUT2D eigenvalue weighted by molar-refractivity contribution is -0.124. The summed E-state index contributed by atoms with van der Waals surface area (Å²) in [6.45, 7) is -0.158. The first-order valence-corrected chi connectivity index (χ1v) is 10.5. The number of ether oxygens (including phenoxy) is 3. The number of pyridine rings is 2. The summed E-state index contributed by atoms with van der Waals surface area (Å²) in [7, 11) is 3.10. The minimum absolute atomic E-state index is 0.251. The Balaban J connectivity index is 1.44. The third-order valence-corrected chi connectivity index (χ3v) is 5.18. The molecule has 0 atom stereocenters. The molecule has 0 radical (unpaired) electrons. The number of carbonyl (C=O) groups is 2. The summed E-state index contributed by atoms with van der Waals surface area (Å²) in [5, 5.41) is 3.39. The van der Waals surface area contributed by atoms with E-state index in [1.54, 1.807) is 50.9 Å². The second-order valence-corrected chi connectivity index (χ2v) is 7.35. The molecule has 0 aliphatic rings. The second kappa shape index (κ2) is 10.4. The third-order valence-electron chi connectivity index (χ3n) is 5.18. The molecular weight excluding hydrogens is 434 g/mol. The molecule has 0 spiro atoms. The van der Waals surface area contributed by atoms with Gasteiger partial charge in [0.2, 0.25) is 0 Å². The van der Waals surface area contributed by atoms with Gasteiger partial charge in [0.05, 0.1) is 31.0 Å². The van der Waals surface area contributed by atoms with Gasteiger partial charge in [-0.2, -0.15) is 0 Å². The SMILES string of the molecule is COc1ccc(CNC(=O)COC(=O)c2cc(-c3ccncc3)nc3ccccc23)cc1OC. The first kappa shape index (κ1) is 22.7. The predicted molar refractivity (Wildman–Crippen MR) is 127 cm³/mol. The summed E-state index contributed by atoms with van der Waals surface area (Å²) in [5.74, 6) is 0.142. The first-order chi connectivity index (χ1) is 16.6. The molecule has 8 heteroatoms. The maximum absolute atomic E-state index is 12.9. The van der Waals surface area contributed by atoms with Crippen molar-refractivity contribution >= 4 is 22.8 Å². The maximum atomic E-state index is 12.9. The Kier molecular flexibility index (Phi) is 6.98. The van der Waals surface area contributed by atoms with Crippen LogP contribution in [0.4, 0.5) is 0 Å². The number of rotatable bonds is 8. The molecule has 1 amide bonds. The number of aromatic nitrogens is 2. The van der Waals surface area contributed by atoms with Crippen molar-refractivity contribution in [2.45, 2.75) is 6.54 Å². The summed E-state index contributed by atoms with van der Waals surface area (Å²) >= 11 is 0. The molecule has 0 bridgehead atoms. The Morgan fingerprint density at radius 3 is 2.44 bits per heavy atom. The Hall–Kier alpha value is -4.46. The monoisotopic (exact) mass is 457 g/mol. The molecule has 2 aromatic heterocycles. The van der Waals surface area contributed by atoms with Crippen molar-refractivity contribution < 1.29 is 23.8 Å². The van der Waals surface area contributed by atoms with Gasteiger partial charge in [-0.25, -0.2) is 9.78 Å². The van der Waals surface area contributed by atoms with Gasteiger partial charge in [0.1, 0.15) is 0 Å². The highest BCUT2D eigenvalue weighted by Gasteiger charge is 2.16. The van der Waals surface area contributed by atoms with Crippen molar-refractivity contribution in [3.63, 3.8) is 0 Å². The Labute approximate surface area is 196 Å². The van der Waals surface area contributed by atoms with Gasteiger partial charge in [0.15, 0.2) is 18.1 Å². The predicted octanol–water partition coefficient (Wildman–Crippen LogP) is 3.79. The number of nitrogens with one attached hydrogen (secondary N) is 1. The van der Waals surface area contributed by atoms with Crippen molar-refractivity contribution in [1.82, 2.24) is 15.3 Å². The number of hydrogen-bond acceptors (Lipinski definition) is 7. The van der Waals surface area contributed by atoms with E-state index in [0.717, 1.165) is 11.1 Å². The summed E-state index contributed by atoms with van der Waals surface area (Å²) in [5.41, 5.74) is 3.25. The van der Waals surface area contributed by atoms with Crippen LogP contribution in [0.2, 0.25) is 0 Å². The van der Waals surface area contributed by atoms with Gasteiger partial charge < -0.3 is 19.5 Å². The van der Waals surface area contributed by atoms with Crippen LogP contribution in [0.25, 0.3) is 22.2 Å². The molecule has 34 heavy (non-hydrogen) atoms. The first-order valence-electron chi connectivity index (χ1n) is 10.5. The molecule has 4 rings (SSSR count). The van der Waals surface area contributed by atoms with Gasteiger partial charge in [-0.15, -0.1) is 0 Å². The number of nitrogens with zero attached hydrogens (tertiary/aromatic N) is 2. The van der Waals surface area contributed by atoms with Crippen LogP contribution in [0, 0.1) is 0 Å². The second-order valence-electron chi connectivity index (χ2n) is 7.35. The zero-order chi connectivity index (χ0) is 23.9. The van der Waals surface area contributed by atoms with E-state index < -0.39 is 18.5 Å². The lowest BCUT2D eigenvalue weighted by Crippen LogP contribution is -2.28. The van der Waals surface area contributed by atoms with Gasteiger partial charge in [0, 0.05) is 29.9 Å². The number of para-hydroxylation sites is 1. The number of benzene rings is 2. The zero-order valence-corrected chi connectivity index (χ0v) is 18.8. The lowest BCUT2D eigenvalue weighted by Gasteiger charge is -2.11. The highest BCUT2D eigenvalue weighted by atomic mass is 16.5. The number of amides is 1. The van der Waals surface area contributed by atoms with E-state index in [4.69, 9.17) is 14.2 Å². The smallest absolute Gasteiger partial charge is 0.339 e. The number of methoxy groups -OCH3 is 2. The standard InChI is InChI=1S/C26H23N3O5/c1-32-23-8-7-17(13-24(23)33-2)15-28-25(30)16-34-26(31)20-14-22(18-9-11-27-12-10-18)29-21-6-4-3-5-19(20)21/h3-14H,15-16H2,1-2H3,(H,28,30). The Morgan fingerprint density at radius 2 is 1.68 bits per heavy atom. The van der Waals surface area contributed by atoms with E-state index in [0.29, 0.717) is 33.7 Å². The topological polar surface area (TPSA) is 99.6 Å². The summed E-state index contributed by atoms with van der Waals surface area (Å²) in [6, 6.07) is 17.9. The van der Waals surface area contributed by atoms with Gasteiger partial charge in [0.25, 0.3) is 5.91 Å². The van der Waals surface area contributed by atoms with E-state index in [-0.39, 0.29) is 6.54 Å². The highest BCUT2D eigenvalue weighted by molar-refractivity contribution is 6.05. The Bertz CT molecular complexity index is 1320. The number of hydrogen-bond donors (Lipinski definition) is 1. The molecule has 0 aliphatic carbocycles. The Morgan fingerprint density at radius 1 is 0.912 bits per heavy atom. The molecule has 2 aromatic carbocycles. The maximum Gasteiger partial charge on any atom is 0.339 e. The van der Waals surface area contributed by atoms with Crippen LogP contribution in [-0.2, 0) is 16.1 Å². The summed E-state index contributed by atoms with van der Waals surface area (Å²) in [4.78, 5) is 33.9. The normalized spacial score (nSPS) is 10.5. The number of esters is 1. The molecule has 4 aromatic rings. The third kappa shape index (κ3) is 5.12. The highest BCUT2D eigenvalue weighted by Crippen LogP contribution is 2.27. The fourth-order valence-electron chi connectivity index (χ4n) is 3.47. The van der Waals surface area contributed by atoms with Crippen LogP contribution < -0.4 is 14.8 Å². The van der Waals surface area contributed by atoms with Crippen molar-refractivity contribution in [1.29, 1.82) is 0 Å². The summed E-state index contributed by atoms with van der Waals surface area (Å²) in [6.07, 6.45) is 3.32. The van der Waals surface area contributed by atoms with E-state index in [1.807, 2.05) is 36.4 Å². The molecule has 2 heterocycles. The minimum atomic E-state index is -0.602. The van der Waals surface area contributed by atoms with Gasteiger partial charge >= 0.3 is 5.97 Å². The van der Waals surface area contributed by atoms with Crippen LogP contribution in [0.5, 0.6) is 11.5 Å². The summed E-state index contributed by atoms with van der Waals surface area (Å²) < 4.78 is 15.8. The average molecular weight is 457 g/mol. The van der Waals surface area contributed by atoms with E-state index in [9.17, 15) is 9.59 Å². The van der Waals surface area contributed by atoms with Crippen molar-refractivity contribution in [2.75, 3.05) is 20.8 Å². The van der Waals surface area contributed by atoms with E-state index in [2.05, 4.69) is 15.3 Å². The zero-order valence-electron chi connectivity index (χ0n) is 18.8. The number of carbonyl (C=O) groups excluding carboxylic acids is 2. The molecule has 0 aliphatic heterocycles. The van der Waals surface area contributed by atoms with Crippen LogP contribution in [0.15, 0.2) is 73.1 Å². The van der Waals surface area contributed by atoms with Crippen molar-refractivity contribution in [3.8, 4) is 22.8 Å². The molecule has 0 fully saturated rings. The van der Waals surface area contributed by atoms with Crippen LogP contribution >= 0.6 is 0 Å². The molecule has 1 N–H and O–H groups in total. The van der Waals surface area contributed by atoms with Gasteiger partial charge in [-0.1, -0.05) is 24.3 Å². The van der Waals surface area contributed by atoms with Crippen LogP contribution in [0.3, 0.4) is 0 Å². The number of fused-ring (bicyclic) bond motifs is 1. The minimum Gasteiger partial charge on any atom is -0.493 e. The van der Waals surface area contributed by atoms with Gasteiger partial charge in [-0.05, 0) is 42.0 Å². The molecular formula is C26H23N3O5. The molecule has 0 unspecified atom stereocenters. The fraction of sp³-hybridized carbons (Fsp3) is 0.154. The largest absolute Gasteiger partial charge is 0.493 e. The van der Waals surface area contributed by atoms with Gasteiger partial charge in [-0.3, -0.25) is 9.78 Å². The van der Waals surface area contributed by atoms with E-state index in [1.165, 1.54) is 0 Å². The van der Waals surface area contributed by atoms with Crippen LogP contribution in [-0.4, -0.2) is 42.7 Å². The van der Waals surface area contributed by atoms with Crippen molar-refractivity contribution in [2.24, 2.45) is 0 Å².